The fraction of sp³-hybridized carbons (Fsp3) is 0.676. The second-order valence-electron chi connectivity index (χ2n) is 22.9. The van der Waals surface area contributed by atoms with Crippen LogP contribution in [0, 0.1) is 0 Å². The zero-order chi connectivity index (χ0) is 71.9. The lowest BCUT2D eigenvalue weighted by Gasteiger charge is -2.35. The predicted octanol–water partition coefficient (Wildman–Crippen LogP) is 12.0. The van der Waals surface area contributed by atoms with Gasteiger partial charge in [0, 0.05) is 75.4 Å². The lowest BCUT2D eigenvalue weighted by Crippen LogP contribution is -2.47. The van der Waals surface area contributed by atoms with Crippen LogP contribution in [-0.2, 0) is 76.3 Å². The fourth-order valence-electron chi connectivity index (χ4n) is 8.98. The van der Waals surface area contributed by atoms with Crippen molar-refractivity contribution in [3.8, 4) is 0 Å². The van der Waals surface area contributed by atoms with Gasteiger partial charge in [0.05, 0.1) is 46.7 Å². The Morgan fingerprint density at radius 3 is 0.755 bits per heavy atom. The first-order chi connectivity index (χ1) is 47.5. The van der Waals surface area contributed by atoms with E-state index in [1.165, 1.54) is 47.0 Å². The first-order valence-electron chi connectivity index (χ1n) is 35.4. The van der Waals surface area contributed by atoms with Crippen molar-refractivity contribution in [2.75, 3.05) is 154 Å². The van der Waals surface area contributed by atoms with Crippen LogP contribution in [-0.4, -0.2) is 243 Å². The van der Waals surface area contributed by atoms with Crippen molar-refractivity contribution in [1.29, 1.82) is 0 Å². The van der Waals surface area contributed by atoms with Gasteiger partial charge in [-0.1, -0.05) is 125 Å². The topological polar surface area (TPSA) is 223 Å². The van der Waals surface area contributed by atoms with E-state index in [4.69, 9.17) is 37.9 Å². The number of carbonyl (C=O) groups excluding carboxylic acids is 8. The molecule has 0 aromatic heterocycles. The molecule has 1 saturated heterocycles. The Hall–Kier alpha value is -5.08. The first-order valence-corrected chi connectivity index (χ1v) is 39.6. The molecular weight excluding hydrogens is 1330 g/mol. The Balaban J connectivity index is 2.82. The van der Waals surface area contributed by atoms with Crippen LogP contribution in [0.1, 0.15) is 145 Å². The Morgan fingerprint density at radius 1 is 0.316 bits per heavy atom. The monoisotopic (exact) mass is 1450 g/mol. The highest BCUT2D eigenvalue weighted by Crippen LogP contribution is 2.17. The summed E-state index contributed by atoms with van der Waals surface area (Å²) in [4.78, 5) is 111. The van der Waals surface area contributed by atoms with Gasteiger partial charge >= 0.3 is 47.8 Å². The molecule has 98 heavy (non-hydrogen) atoms. The number of hydrogen-bond donors (Lipinski definition) is 0. The minimum absolute atomic E-state index is 0.0502. The number of hydrogen-bond acceptors (Lipinski definition) is 24. The molecule has 20 nitrogen and oxygen atoms in total. The van der Waals surface area contributed by atoms with Gasteiger partial charge in [-0.05, 0) is 118 Å². The highest BCUT2D eigenvalue weighted by Gasteiger charge is 2.22. The number of thioether (sulfide) groups is 4. The Bertz CT molecular complexity index is 2110. The number of esters is 8. The molecule has 24 heteroatoms. The average Bonchev–Trinajstić information content (AvgIpc) is 1.34. The predicted molar refractivity (Wildman–Crippen MR) is 402 cm³/mol. The van der Waals surface area contributed by atoms with E-state index in [2.05, 4.69) is 110 Å². The van der Waals surface area contributed by atoms with Crippen LogP contribution in [0.3, 0.4) is 0 Å². The molecule has 0 N–H and O–H groups in total. The lowest BCUT2D eigenvalue weighted by atomic mass is 10.2. The third-order valence-corrected chi connectivity index (χ3v) is 19.0. The van der Waals surface area contributed by atoms with E-state index in [-0.39, 0.29) is 123 Å². The second kappa shape index (κ2) is 64.0. The van der Waals surface area contributed by atoms with Crippen molar-refractivity contribution in [3.63, 3.8) is 0 Å². The van der Waals surface area contributed by atoms with Crippen LogP contribution >= 0.6 is 47.0 Å². The molecule has 556 valence electrons. The molecule has 0 bridgehead atoms. The number of rotatable bonds is 60. The molecule has 4 unspecified atom stereocenters. The Morgan fingerprint density at radius 2 is 0.531 bits per heavy atom. The minimum atomic E-state index is -0.444. The van der Waals surface area contributed by atoms with Crippen LogP contribution in [0.5, 0.6) is 0 Å². The van der Waals surface area contributed by atoms with Crippen molar-refractivity contribution < 1.29 is 76.3 Å². The lowest BCUT2D eigenvalue weighted by molar-refractivity contribution is -0.152. The number of ether oxygens (including phenoxy) is 8. The maximum absolute atomic E-state index is 12.9. The standard InChI is InChI=1S/C74H120N4O16S4/c1-9-13-17-21-25-29-59-95-63(5)71(83)91-55-51-87-67(79)35-43-75(44-36-68(80)88-52-56-92-72(84)64(6)96-60-30-26-22-18-14-10-2)39-33-41-77-47-49-78(50-48-77)42-34-40-76(45-37-69(81)89-53-57-93-73(85)65(7)97-61-31-27-23-19-15-11-3)46-38-70(82)90-54-58-94-74(86)66(8)98-62-32-28-24-20-16-12-4/h13-20,25-32,63-66H,9-12,21-24,33-62H2,1-8H3/b17-13-,18-14-,19-15-,20-16-,29-25-,30-26-,31-27-,32-28-. The first kappa shape index (κ1) is 90.9. The molecule has 0 radical (unpaired) electrons. The molecule has 0 amide bonds. The van der Waals surface area contributed by atoms with E-state index < -0.39 is 23.9 Å². The molecule has 1 heterocycles. The summed E-state index contributed by atoms with van der Waals surface area (Å²) in [5.74, 6) is -0.529. The summed E-state index contributed by atoms with van der Waals surface area (Å²) < 4.78 is 43.2. The maximum atomic E-state index is 12.9. The van der Waals surface area contributed by atoms with E-state index >= 15 is 0 Å². The number of allylic oxidation sites excluding steroid dienone is 12. The molecule has 0 saturated carbocycles. The van der Waals surface area contributed by atoms with Gasteiger partial charge in [0.25, 0.3) is 0 Å². The van der Waals surface area contributed by atoms with Crippen LogP contribution in [0.2, 0.25) is 0 Å². The molecule has 1 fully saturated rings. The Labute approximate surface area is 605 Å². The summed E-state index contributed by atoms with van der Waals surface area (Å²) in [6, 6.07) is 0. The van der Waals surface area contributed by atoms with E-state index in [9.17, 15) is 38.4 Å². The molecule has 1 aliphatic rings. The highest BCUT2D eigenvalue weighted by molar-refractivity contribution is 8.01. The van der Waals surface area contributed by atoms with E-state index in [1.54, 1.807) is 27.7 Å². The third-order valence-electron chi connectivity index (χ3n) is 14.7. The molecule has 4 atom stereocenters. The van der Waals surface area contributed by atoms with Gasteiger partial charge in [-0.2, -0.15) is 0 Å². The molecular formula is C74H120N4O16S4. The van der Waals surface area contributed by atoms with Gasteiger partial charge in [0.15, 0.2) is 0 Å². The molecule has 0 aromatic rings. The summed E-state index contributed by atoms with van der Waals surface area (Å²) in [6.45, 7) is 22.6. The van der Waals surface area contributed by atoms with E-state index in [0.717, 1.165) is 103 Å². The summed E-state index contributed by atoms with van der Waals surface area (Å²) in [5.41, 5.74) is 0. The number of carbonyl (C=O) groups is 8. The van der Waals surface area contributed by atoms with Gasteiger partial charge in [-0.25, -0.2) is 0 Å². The van der Waals surface area contributed by atoms with Crippen molar-refractivity contribution in [2.45, 2.75) is 166 Å². The van der Waals surface area contributed by atoms with Crippen molar-refractivity contribution in [3.05, 3.63) is 97.2 Å². The van der Waals surface area contributed by atoms with Crippen LogP contribution < -0.4 is 0 Å². The van der Waals surface area contributed by atoms with Crippen molar-refractivity contribution in [2.24, 2.45) is 0 Å². The molecule has 1 aliphatic heterocycles. The van der Waals surface area contributed by atoms with Gasteiger partial charge in [-0.3, -0.25) is 38.4 Å². The normalized spacial score (nSPS) is 14.6. The summed E-state index contributed by atoms with van der Waals surface area (Å²) in [5, 5.41) is -1.48. The van der Waals surface area contributed by atoms with E-state index in [1.807, 2.05) is 34.1 Å². The molecule has 0 spiro atoms. The van der Waals surface area contributed by atoms with Gasteiger partial charge in [-0.15, -0.1) is 47.0 Å². The smallest absolute Gasteiger partial charge is 0.318 e. The molecule has 1 rings (SSSR count). The molecule has 0 aliphatic carbocycles. The van der Waals surface area contributed by atoms with E-state index in [0.29, 0.717) is 62.3 Å². The second-order valence-corrected chi connectivity index (χ2v) is 28.4. The summed E-state index contributed by atoms with van der Waals surface area (Å²) in [6.07, 6.45) is 42.4. The summed E-state index contributed by atoms with van der Waals surface area (Å²) >= 11 is 5.89. The zero-order valence-corrected chi connectivity index (χ0v) is 63.6. The fourth-order valence-corrected chi connectivity index (χ4v) is 11.9. The van der Waals surface area contributed by atoms with Gasteiger partial charge in [0.1, 0.15) is 52.9 Å². The Kier molecular flexibility index (Phi) is 59.4. The SMILES string of the molecule is CC/C=C\C/C=C\CSC(C)C(=O)OCCOC(=O)CCN(CCCN1CCN(CCCN(CCC(=O)OCCOC(=O)C(C)SC/C=C\C/C=C\CC)CCC(=O)OCCOC(=O)C(C)SC/C=C\C/C=C\CC)CC1)CCC(=O)OCCOC(=O)C(C)SC/C=C\C/C=C\CC. The van der Waals surface area contributed by atoms with Crippen molar-refractivity contribution >= 4 is 94.8 Å². The number of piperazine rings is 1. The largest absolute Gasteiger partial charge is 0.462 e. The number of nitrogens with zero attached hydrogens (tertiary/aromatic N) is 4. The zero-order valence-electron chi connectivity index (χ0n) is 60.4. The van der Waals surface area contributed by atoms with Crippen LogP contribution in [0.15, 0.2) is 97.2 Å². The highest BCUT2D eigenvalue weighted by atomic mass is 32.2. The van der Waals surface area contributed by atoms with Crippen molar-refractivity contribution in [1.82, 2.24) is 19.6 Å². The molecule has 0 aromatic carbocycles. The maximum Gasteiger partial charge on any atom is 0.318 e. The van der Waals surface area contributed by atoms with Gasteiger partial charge < -0.3 is 57.5 Å². The quantitative estimate of drug-likeness (QED) is 0.0239. The third kappa shape index (κ3) is 53.8. The van der Waals surface area contributed by atoms with Crippen LogP contribution in [0.4, 0.5) is 0 Å². The average molecular weight is 1450 g/mol. The summed E-state index contributed by atoms with van der Waals surface area (Å²) in [7, 11) is 0. The van der Waals surface area contributed by atoms with Crippen LogP contribution in [0.25, 0.3) is 0 Å². The van der Waals surface area contributed by atoms with Gasteiger partial charge in [0.2, 0.25) is 0 Å². The minimum Gasteiger partial charge on any atom is -0.462 e.